The number of aromatic nitrogens is 8. The summed E-state index contributed by atoms with van der Waals surface area (Å²) < 4.78 is 75.6. The molecule has 10 N–H and O–H groups in total. The zero-order valence-corrected chi connectivity index (χ0v) is 90.4. The van der Waals surface area contributed by atoms with Crippen LogP contribution in [0.5, 0.6) is 0 Å². The molecule has 146 heavy (non-hydrogen) atoms. The maximum Gasteiger partial charge on any atom is 0.280 e. The lowest BCUT2D eigenvalue weighted by Gasteiger charge is -2.23. The average molecular weight is 2120 g/mol. The van der Waals surface area contributed by atoms with Crippen molar-refractivity contribution in [1.29, 1.82) is 0 Å². The first-order valence-electron chi connectivity index (χ1n) is 52.5. The first-order chi connectivity index (χ1) is 69.5. The molecule has 13 fully saturated rings. The Bertz CT molecular complexity index is 6360. The highest BCUT2D eigenvalue weighted by Gasteiger charge is 2.49. The van der Waals surface area contributed by atoms with Gasteiger partial charge in [-0.3, -0.25) is 33.6 Å². The van der Waals surface area contributed by atoms with E-state index in [1.165, 1.54) is 83.3 Å². The number of halogens is 2. The number of thiazole rings is 4. The quantitative estimate of drug-likeness (QED) is 0.0241. The number of hydrogen-bond donors (Lipinski definition) is 10. The van der Waals surface area contributed by atoms with Crippen molar-refractivity contribution in [1.82, 2.24) is 80.7 Å². The van der Waals surface area contributed by atoms with Crippen LogP contribution in [0.1, 0.15) is 347 Å². The second-order valence-electron chi connectivity index (χ2n) is 44.8. The molecule has 9 aliphatic heterocycles. The van der Waals surface area contributed by atoms with E-state index < -0.39 is 26.1 Å². The zero-order chi connectivity index (χ0) is 103. The summed E-state index contributed by atoms with van der Waals surface area (Å²) in [6.07, 6.45) is 28.5. The Hall–Kier alpha value is -9.75. The maximum absolute atomic E-state index is 14.2. The number of fused-ring (bicyclic) bond motifs is 6. The van der Waals surface area contributed by atoms with Crippen LogP contribution in [0.25, 0.3) is 41.8 Å². The van der Waals surface area contributed by atoms with E-state index in [4.69, 9.17) is 0 Å². The molecule has 4 saturated carbocycles. The van der Waals surface area contributed by atoms with Crippen LogP contribution in [-0.2, 0) is 26.2 Å². The maximum atomic E-state index is 14.2. The van der Waals surface area contributed by atoms with Crippen LogP contribution < -0.4 is 42.5 Å². The van der Waals surface area contributed by atoms with Gasteiger partial charge in [-0.1, -0.05) is 0 Å². The number of alkyl halides is 2. The molecule has 8 aromatic heterocycles. The number of sulfone groups is 2. The number of carbonyl (C=O) groups is 7. The normalized spacial score (nSPS) is 24.9. The lowest BCUT2D eigenvalue weighted by molar-refractivity contribution is 0.0716. The van der Waals surface area contributed by atoms with Gasteiger partial charge < -0.3 is 72.3 Å². The van der Waals surface area contributed by atoms with Gasteiger partial charge in [0.25, 0.3) is 47.8 Å². The smallest absolute Gasteiger partial charge is 0.280 e. The number of amides is 7. The van der Waals surface area contributed by atoms with Crippen LogP contribution >= 0.6 is 45.3 Å². The number of anilines is 4. The van der Waals surface area contributed by atoms with E-state index in [9.17, 15) is 69.4 Å². The molecule has 21 rings (SSSR count). The summed E-state index contributed by atoms with van der Waals surface area (Å²) >= 11 is 4.95. The number of aryl methyl sites for hydroxylation is 3. The topological polar surface area (TPSA) is 441 Å². The minimum Gasteiger partial charge on any atom is -0.393 e. The molecule has 7 atom stereocenters. The molecule has 0 radical (unpaired) electrons. The lowest BCUT2D eigenvalue weighted by Crippen LogP contribution is -2.41. The SMILES string of the molecule is C[C@H]1CCCN1C(=O)c1nc(CN[C@@H]2CC[C@@H](O)C2)sc1-c1cnc(NC(C)(C)C)cc1C(F)F.Cc1cc(NC(C)(C)C)ncc1-c1sc(C(=O)NC2CCS(=O)(=O)CC2)nc1C(=O)N1C2CCC1CC2.Cc1cc(N[C@H](C)C2CC2)ncc1-c1sc(C(=O)NC2CCS(=O)(=O)CC2)nc1C(=O)N1C2CCC1CC2.Cc1cc(N[C@H](C)C2CC2)ncc1-c1sc(C(=O)N[C@@H]2CC[C@@H](O)C2)nc1C(=O)N1C2CCC1CC2. The molecule has 13 aliphatic rings. The third kappa shape index (κ3) is 24.9. The molecule has 7 amide bonds. The molecule has 17 heterocycles. The molecule has 4 aliphatic carbocycles. The number of hydrogen-bond acceptors (Lipinski definition) is 30. The summed E-state index contributed by atoms with van der Waals surface area (Å²) in [5.41, 5.74) is 6.16. The second-order valence-corrected chi connectivity index (χ2v) is 53.5. The molecular formula is C105H140F2N20O13S6. The van der Waals surface area contributed by atoms with Gasteiger partial charge in [-0.05, 0) is 316 Å². The fourth-order valence-corrected chi connectivity index (χ4v) is 30.1. The number of nitrogens with one attached hydrogen (secondary N) is 8. The van der Waals surface area contributed by atoms with Crippen molar-refractivity contribution in [2.24, 2.45) is 11.8 Å². The summed E-state index contributed by atoms with van der Waals surface area (Å²) in [5.74, 6) is 2.97. The van der Waals surface area contributed by atoms with Crippen molar-refractivity contribution in [3.63, 3.8) is 0 Å². The van der Waals surface area contributed by atoms with Crippen molar-refractivity contribution in [3.8, 4) is 41.8 Å². The van der Waals surface area contributed by atoms with E-state index in [-0.39, 0.29) is 181 Å². The summed E-state index contributed by atoms with van der Waals surface area (Å²) in [6.45, 7) is 25.4. The van der Waals surface area contributed by atoms with Crippen LogP contribution in [0.15, 0.2) is 49.1 Å². The Labute approximate surface area is 869 Å². The van der Waals surface area contributed by atoms with Gasteiger partial charge >= 0.3 is 0 Å². The molecule has 33 nitrogen and oxygen atoms in total. The average Bonchev–Trinajstić information content (AvgIpc) is 1.62. The fourth-order valence-electron chi connectivity index (χ4n) is 22.9. The molecule has 9 saturated heterocycles. The van der Waals surface area contributed by atoms with Gasteiger partial charge in [0.05, 0.1) is 54.7 Å². The number of aliphatic hydroxyl groups excluding tert-OH is 2. The molecule has 0 unspecified atom stereocenters. The van der Waals surface area contributed by atoms with Crippen LogP contribution in [0.3, 0.4) is 0 Å². The minimum absolute atomic E-state index is 0.0596. The Kier molecular flexibility index (Phi) is 32.0. The molecule has 788 valence electrons. The number of aliphatic hydroxyl groups is 2. The van der Waals surface area contributed by atoms with Crippen molar-refractivity contribution < 1.29 is 69.4 Å². The summed E-state index contributed by atoms with van der Waals surface area (Å²) in [6, 6.07) is 9.43. The number of nitrogens with zero attached hydrogens (tertiary/aromatic N) is 12. The second kappa shape index (κ2) is 44.0. The fraction of sp³-hybridized carbons (Fsp3) is 0.629. The highest BCUT2D eigenvalue weighted by Crippen LogP contribution is 2.48. The molecule has 6 bridgehead atoms. The van der Waals surface area contributed by atoms with Gasteiger partial charge in [-0.2, -0.15) is 0 Å². The number of rotatable bonds is 26. The van der Waals surface area contributed by atoms with Gasteiger partial charge in [-0.25, -0.2) is 65.5 Å². The predicted molar refractivity (Wildman–Crippen MR) is 565 cm³/mol. The summed E-state index contributed by atoms with van der Waals surface area (Å²) in [7, 11) is -6.05. The van der Waals surface area contributed by atoms with E-state index in [2.05, 4.69) is 117 Å². The van der Waals surface area contributed by atoms with Gasteiger partial charge in [-0.15, -0.1) is 45.3 Å². The third-order valence-electron chi connectivity index (χ3n) is 31.2. The monoisotopic (exact) mass is 2120 g/mol. The van der Waals surface area contributed by atoms with Crippen molar-refractivity contribution in [3.05, 3.63) is 114 Å². The van der Waals surface area contributed by atoms with Gasteiger partial charge in [0.1, 0.15) is 70.7 Å². The Balaban J connectivity index is 0.000000128. The number of carbonyl (C=O) groups excluding carboxylic acids is 7. The van der Waals surface area contributed by atoms with Crippen LogP contribution in [0.4, 0.5) is 32.1 Å². The van der Waals surface area contributed by atoms with Gasteiger partial charge in [0, 0.05) is 155 Å². The third-order valence-corrected chi connectivity index (χ3v) is 39.0. The lowest BCUT2D eigenvalue weighted by atomic mass is 10.0. The zero-order valence-electron chi connectivity index (χ0n) is 85.5. The van der Waals surface area contributed by atoms with Crippen molar-refractivity contribution >= 4 is 130 Å². The van der Waals surface area contributed by atoms with E-state index in [0.717, 1.165) is 171 Å². The van der Waals surface area contributed by atoms with Crippen molar-refractivity contribution in [2.45, 2.75) is 378 Å². The molecule has 41 heteroatoms. The Morgan fingerprint density at radius 1 is 0.418 bits per heavy atom. The minimum atomic E-state index is -3.03. The van der Waals surface area contributed by atoms with Gasteiger partial charge in [0.2, 0.25) is 0 Å². The van der Waals surface area contributed by atoms with Crippen molar-refractivity contribution in [2.75, 3.05) is 50.8 Å². The Morgan fingerprint density at radius 2 is 0.753 bits per heavy atom. The number of pyridine rings is 4. The van der Waals surface area contributed by atoms with Gasteiger partial charge in [0.15, 0.2) is 15.0 Å². The predicted octanol–water partition coefficient (Wildman–Crippen LogP) is 16.7. The molecule has 8 aromatic rings. The highest BCUT2D eigenvalue weighted by molar-refractivity contribution is 7.91. The Morgan fingerprint density at radius 3 is 1.09 bits per heavy atom. The highest BCUT2D eigenvalue weighted by atomic mass is 32.2. The summed E-state index contributed by atoms with van der Waals surface area (Å²) in [4.78, 5) is 142. The van der Waals surface area contributed by atoms with Crippen LogP contribution in [0.2, 0.25) is 0 Å². The molecule has 0 spiro atoms. The van der Waals surface area contributed by atoms with E-state index >= 15 is 0 Å². The largest absolute Gasteiger partial charge is 0.393 e. The van der Waals surface area contributed by atoms with E-state index in [1.54, 1.807) is 17.3 Å². The first kappa shape index (κ1) is 106. The summed E-state index contributed by atoms with van der Waals surface area (Å²) in [5, 5.41) is 46.9. The molecular weight excluding hydrogens is 1980 g/mol. The standard InChI is InChI=1S/C27H35N5O4S2.C27H35N5O3S.C26H35N5O4S2.C25H35F2N5O2S/c1-15-13-22(29-16(2)17-3-4-17)28-14-21(15)24-23(27(34)32-19-5-6-20(32)8-7-19)31-26(37-24)25(33)30-18-9-11-38(35,36)12-10-18;1-14-11-22(29-15(2)16-3-4-16)28-13-21(14)24-23(27(35)32-18-6-7-19(32)9-8-18)31-26(36-24)25(34)30-17-5-10-20(33)12-17;1-15-13-20(30-26(2,3)4)27-14-19(15)22-21(25(33)31-17-5-6-18(31)8-7-17)29-24(36-22)23(32)28-16-9-11-37(34,35)12-10-16;1-14-6-5-9-32(14)24(34)21-22(35-20(30-21)13-28-15-7-8-16(33)10-15)18-12-29-19(31-25(2,3)4)11-17(18)23(26)27/h13-14,16-20H,3-12H2,1-2H3,(H,28,29)(H,30,33);11,13,15-20,33H,3-10,12H2,1-2H3,(H,28,29)(H,30,34);13-14,16-18H,5-12H2,1-4H3,(H,27,30)(H,28,32);11-12,14-16,23,28,33H,5-10,13H2,1-4H3,(H,29,31)/t16-,19?,20?;15-,17-,18?,19?,20-;;14-,15+,16+/m11.0/s1. The van der Waals surface area contributed by atoms with Crippen LogP contribution in [-0.4, -0.2) is 259 Å². The van der Waals surface area contributed by atoms with E-state index in [0.29, 0.717) is 124 Å². The molecule has 0 aromatic carbocycles. The van der Waals surface area contributed by atoms with Crippen LogP contribution in [0, 0.1) is 32.6 Å². The first-order valence-corrected chi connectivity index (χ1v) is 59.4. The number of likely N-dealkylation sites (tertiary alicyclic amines) is 1. The van der Waals surface area contributed by atoms with E-state index in [1.807, 2.05) is 87.6 Å².